The molecule has 0 amide bonds. The van der Waals surface area contributed by atoms with Crippen molar-refractivity contribution in [2.45, 2.75) is 13.8 Å². The average molecular weight is 163 g/mol. The second kappa shape index (κ2) is 3.90. The Morgan fingerprint density at radius 3 is 2.92 bits per heavy atom. The maximum absolute atomic E-state index is 5.23. The third-order valence-electron chi connectivity index (χ3n) is 1.49. The van der Waals surface area contributed by atoms with E-state index in [1.807, 2.05) is 32.0 Å². The van der Waals surface area contributed by atoms with Gasteiger partial charge >= 0.3 is 0 Å². The first-order chi connectivity index (χ1) is 5.74. The quantitative estimate of drug-likeness (QED) is 0.638. The van der Waals surface area contributed by atoms with Crippen LogP contribution in [0.3, 0.4) is 0 Å². The Bertz CT molecular complexity index is 281. The lowest BCUT2D eigenvalue weighted by Crippen LogP contribution is -1.94. The standard InChI is InChI=1S/C10H13NO/c1-4-12-9(3)10-7-5-6-8(2)11-10/h5-7H,3-4H2,1-2H3. The van der Waals surface area contributed by atoms with Gasteiger partial charge in [-0.15, -0.1) is 0 Å². The van der Waals surface area contributed by atoms with E-state index in [0.29, 0.717) is 12.4 Å². The normalized spacial score (nSPS) is 9.50. The monoisotopic (exact) mass is 163 g/mol. The smallest absolute Gasteiger partial charge is 0.137 e. The molecule has 0 aliphatic heterocycles. The van der Waals surface area contributed by atoms with E-state index in [4.69, 9.17) is 4.74 Å². The predicted molar refractivity (Wildman–Crippen MR) is 49.6 cm³/mol. The molecule has 0 saturated heterocycles. The molecule has 1 aromatic heterocycles. The van der Waals surface area contributed by atoms with Gasteiger partial charge in [-0.2, -0.15) is 0 Å². The molecule has 2 nitrogen and oxygen atoms in total. The van der Waals surface area contributed by atoms with E-state index in [9.17, 15) is 0 Å². The Morgan fingerprint density at radius 1 is 1.58 bits per heavy atom. The van der Waals surface area contributed by atoms with Crippen molar-refractivity contribution in [3.63, 3.8) is 0 Å². The Kier molecular flexibility index (Phi) is 2.86. The van der Waals surface area contributed by atoms with Crippen LogP contribution in [0.5, 0.6) is 0 Å². The van der Waals surface area contributed by atoms with Crippen LogP contribution in [0.4, 0.5) is 0 Å². The molecule has 0 unspecified atom stereocenters. The lowest BCUT2D eigenvalue weighted by molar-refractivity contribution is 0.297. The zero-order valence-corrected chi connectivity index (χ0v) is 7.50. The number of hydrogen-bond donors (Lipinski definition) is 0. The lowest BCUT2D eigenvalue weighted by Gasteiger charge is -2.05. The molecule has 0 bridgehead atoms. The van der Waals surface area contributed by atoms with Gasteiger partial charge in [-0.3, -0.25) is 0 Å². The predicted octanol–water partition coefficient (Wildman–Crippen LogP) is 2.40. The Labute approximate surface area is 72.9 Å². The van der Waals surface area contributed by atoms with Crippen molar-refractivity contribution in [1.29, 1.82) is 0 Å². The molecule has 0 radical (unpaired) electrons. The minimum absolute atomic E-state index is 0.633. The zero-order chi connectivity index (χ0) is 8.97. The Hall–Kier alpha value is -1.31. The highest BCUT2D eigenvalue weighted by molar-refractivity contribution is 5.53. The van der Waals surface area contributed by atoms with Gasteiger partial charge in [0.1, 0.15) is 11.5 Å². The van der Waals surface area contributed by atoms with E-state index in [-0.39, 0.29) is 0 Å². The molecule has 0 atom stereocenters. The van der Waals surface area contributed by atoms with Gasteiger partial charge in [0, 0.05) is 5.69 Å². The molecule has 12 heavy (non-hydrogen) atoms. The molecule has 0 N–H and O–H groups in total. The number of rotatable bonds is 3. The topological polar surface area (TPSA) is 22.1 Å². The Morgan fingerprint density at radius 2 is 2.33 bits per heavy atom. The summed E-state index contributed by atoms with van der Waals surface area (Å²) in [5.41, 5.74) is 1.80. The van der Waals surface area contributed by atoms with Gasteiger partial charge in [0.05, 0.1) is 6.61 Å². The summed E-state index contributed by atoms with van der Waals surface area (Å²) in [7, 11) is 0. The van der Waals surface area contributed by atoms with Crippen LogP contribution in [0.1, 0.15) is 18.3 Å². The van der Waals surface area contributed by atoms with Gasteiger partial charge in [0.2, 0.25) is 0 Å². The fourth-order valence-electron chi connectivity index (χ4n) is 0.947. The van der Waals surface area contributed by atoms with Crippen molar-refractivity contribution in [3.05, 3.63) is 36.2 Å². The third-order valence-corrected chi connectivity index (χ3v) is 1.49. The zero-order valence-electron chi connectivity index (χ0n) is 7.50. The van der Waals surface area contributed by atoms with Gasteiger partial charge in [-0.05, 0) is 26.0 Å². The molecular weight excluding hydrogens is 150 g/mol. The summed E-state index contributed by atoms with van der Waals surface area (Å²) < 4.78 is 5.23. The largest absolute Gasteiger partial charge is 0.492 e. The molecule has 2 heteroatoms. The molecule has 0 fully saturated rings. The summed E-state index contributed by atoms with van der Waals surface area (Å²) in [6, 6.07) is 5.79. The summed E-state index contributed by atoms with van der Waals surface area (Å²) in [5.74, 6) is 0.640. The summed E-state index contributed by atoms with van der Waals surface area (Å²) in [6.45, 7) is 8.28. The first-order valence-electron chi connectivity index (χ1n) is 3.99. The summed E-state index contributed by atoms with van der Waals surface area (Å²) in [5, 5.41) is 0. The van der Waals surface area contributed by atoms with Crippen LogP contribution in [0.25, 0.3) is 5.76 Å². The van der Waals surface area contributed by atoms with Crippen LogP contribution in [-0.2, 0) is 4.74 Å². The second-order valence-electron chi connectivity index (χ2n) is 2.52. The number of pyridine rings is 1. The van der Waals surface area contributed by atoms with Gasteiger partial charge < -0.3 is 4.74 Å². The average Bonchev–Trinajstić information content (AvgIpc) is 2.05. The molecule has 0 aromatic carbocycles. The van der Waals surface area contributed by atoms with Gasteiger partial charge in [0.25, 0.3) is 0 Å². The number of nitrogens with zero attached hydrogens (tertiary/aromatic N) is 1. The van der Waals surface area contributed by atoms with Gasteiger partial charge in [0.15, 0.2) is 0 Å². The summed E-state index contributed by atoms with van der Waals surface area (Å²) in [6.07, 6.45) is 0. The highest BCUT2D eigenvalue weighted by Gasteiger charge is 1.99. The molecule has 1 aromatic rings. The molecule has 64 valence electrons. The fraction of sp³-hybridized carbons (Fsp3) is 0.300. The molecule has 0 aliphatic carbocycles. The van der Waals surface area contributed by atoms with Crippen LogP contribution in [0.2, 0.25) is 0 Å². The first-order valence-corrected chi connectivity index (χ1v) is 3.99. The van der Waals surface area contributed by atoms with E-state index in [1.165, 1.54) is 0 Å². The fourth-order valence-corrected chi connectivity index (χ4v) is 0.947. The summed E-state index contributed by atoms with van der Waals surface area (Å²) >= 11 is 0. The maximum Gasteiger partial charge on any atom is 0.137 e. The van der Waals surface area contributed by atoms with Gasteiger partial charge in [-0.1, -0.05) is 12.6 Å². The number of ether oxygens (including phenoxy) is 1. The van der Waals surface area contributed by atoms with Crippen LogP contribution >= 0.6 is 0 Å². The highest BCUT2D eigenvalue weighted by Crippen LogP contribution is 2.10. The first kappa shape index (κ1) is 8.78. The second-order valence-corrected chi connectivity index (χ2v) is 2.52. The SMILES string of the molecule is C=C(OCC)c1cccc(C)n1. The van der Waals surface area contributed by atoms with Crippen molar-refractivity contribution >= 4 is 5.76 Å². The molecule has 0 saturated carbocycles. The van der Waals surface area contributed by atoms with Crippen molar-refractivity contribution in [2.75, 3.05) is 6.61 Å². The van der Waals surface area contributed by atoms with Crippen molar-refractivity contribution in [1.82, 2.24) is 4.98 Å². The van der Waals surface area contributed by atoms with E-state index in [1.54, 1.807) is 0 Å². The van der Waals surface area contributed by atoms with Gasteiger partial charge in [-0.25, -0.2) is 4.98 Å². The molecule has 0 aliphatic rings. The Balaban J connectivity index is 2.81. The molecular formula is C10H13NO. The van der Waals surface area contributed by atoms with E-state index >= 15 is 0 Å². The van der Waals surface area contributed by atoms with Crippen molar-refractivity contribution < 1.29 is 4.74 Å². The van der Waals surface area contributed by atoms with Crippen LogP contribution < -0.4 is 0 Å². The van der Waals surface area contributed by atoms with E-state index < -0.39 is 0 Å². The van der Waals surface area contributed by atoms with Crippen molar-refractivity contribution in [2.24, 2.45) is 0 Å². The lowest BCUT2D eigenvalue weighted by atomic mass is 10.3. The molecule has 0 spiro atoms. The minimum Gasteiger partial charge on any atom is -0.492 e. The van der Waals surface area contributed by atoms with Crippen molar-refractivity contribution in [3.8, 4) is 0 Å². The summed E-state index contributed by atoms with van der Waals surface area (Å²) in [4.78, 5) is 4.27. The van der Waals surface area contributed by atoms with E-state index in [2.05, 4.69) is 11.6 Å². The molecule has 1 heterocycles. The minimum atomic E-state index is 0.633. The third kappa shape index (κ3) is 2.09. The van der Waals surface area contributed by atoms with E-state index in [0.717, 1.165) is 11.4 Å². The maximum atomic E-state index is 5.23. The number of aryl methyl sites for hydroxylation is 1. The number of hydrogen-bond acceptors (Lipinski definition) is 2. The number of aromatic nitrogens is 1. The van der Waals surface area contributed by atoms with Crippen LogP contribution in [0.15, 0.2) is 24.8 Å². The van der Waals surface area contributed by atoms with Crippen LogP contribution in [-0.4, -0.2) is 11.6 Å². The molecule has 1 rings (SSSR count). The van der Waals surface area contributed by atoms with Crippen LogP contribution in [0, 0.1) is 6.92 Å². The highest BCUT2D eigenvalue weighted by atomic mass is 16.5.